The number of hydrogen-bond acceptors (Lipinski definition) is 4. The van der Waals surface area contributed by atoms with Crippen LogP contribution in [0.2, 0.25) is 5.15 Å². The summed E-state index contributed by atoms with van der Waals surface area (Å²) in [5.41, 5.74) is 1.18. The maximum Gasteiger partial charge on any atom is 0.241 e. The SMILES string of the molecule is CN(C(=O)CC#N)c1cn(-c2cccnc2)nc1Cl. The molecule has 0 saturated heterocycles. The van der Waals surface area contributed by atoms with Gasteiger partial charge in [0.2, 0.25) is 5.91 Å². The molecule has 0 aliphatic heterocycles. The van der Waals surface area contributed by atoms with E-state index in [9.17, 15) is 4.79 Å². The lowest BCUT2D eigenvalue weighted by molar-refractivity contribution is -0.117. The van der Waals surface area contributed by atoms with Crippen LogP contribution >= 0.6 is 11.6 Å². The van der Waals surface area contributed by atoms with Crippen LogP contribution in [0.5, 0.6) is 0 Å². The third kappa shape index (κ3) is 2.72. The van der Waals surface area contributed by atoms with Crippen LogP contribution < -0.4 is 4.90 Å². The summed E-state index contributed by atoms with van der Waals surface area (Å²) >= 11 is 6.00. The number of amides is 1. The summed E-state index contributed by atoms with van der Waals surface area (Å²) < 4.78 is 1.53. The van der Waals surface area contributed by atoms with E-state index in [0.717, 1.165) is 5.69 Å². The van der Waals surface area contributed by atoms with E-state index in [1.54, 1.807) is 37.8 Å². The van der Waals surface area contributed by atoms with Gasteiger partial charge in [-0.15, -0.1) is 0 Å². The van der Waals surface area contributed by atoms with Crippen LogP contribution in [-0.2, 0) is 4.79 Å². The van der Waals surface area contributed by atoms with Crippen LogP contribution in [0, 0.1) is 11.3 Å². The van der Waals surface area contributed by atoms with E-state index in [2.05, 4.69) is 10.1 Å². The summed E-state index contributed by atoms with van der Waals surface area (Å²) in [6, 6.07) is 5.39. The molecule has 7 heteroatoms. The van der Waals surface area contributed by atoms with Crippen molar-refractivity contribution in [1.29, 1.82) is 5.26 Å². The van der Waals surface area contributed by atoms with Gasteiger partial charge in [-0.1, -0.05) is 11.6 Å². The molecule has 0 atom stereocenters. The topological polar surface area (TPSA) is 74.8 Å². The average Bonchev–Trinajstić information content (AvgIpc) is 2.81. The van der Waals surface area contributed by atoms with Gasteiger partial charge in [0.25, 0.3) is 0 Å². The number of carbonyl (C=O) groups is 1. The minimum atomic E-state index is -0.338. The number of halogens is 1. The minimum Gasteiger partial charge on any atom is -0.310 e. The molecule has 0 aliphatic rings. The highest BCUT2D eigenvalue weighted by Crippen LogP contribution is 2.25. The first-order valence-electron chi connectivity index (χ1n) is 5.42. The Bertz CT molecular complexity index is 631. The van der Waals surface area contributed by atoms with Gasteiger partial charge in [0, 0.05) is 13.2 Å². The predicted octanol–water partition coefficient (Wildman–Crippen LogP) is 1.80. The fraction of sp³-hybridized carbons (Fsp3) is 0.167. The Balaban J connectivity index is 2.32. The van der Waals surface area contributed by atoms with Crippen molar-refractivity contribution in [3.8, 4) is 11.8 Å². The second kappa shape index (κ2) is 5.50. The summed E-state index contributed by atoms with van der Waals surface area (Å²) in [5, 5.41) is 12.8. The molecular formula is C12H10ClN5O. The summed E-state index contributed by atoms with van der Waals surface area (Å²) in [7, 11) is 1.55. The molecule has 0 fully saturated rings. The first-order valence-corrected chi connectivity index (χ1v) is 5.80. The predicted molar refractivity (Wildman–Crippen MR) is 70.0 cm³/mol. The third-order valence-corrected chi connectivity index (χ3v) is 2.80. The third-order valence-electron chi connectivity index (χ3n) is 2.53. The maximum absolute atomic E-state index is 11.6. The van der Waals surface area contributed by atoms with Crippen molar-refractivity contribution < 1.29 is 4.79 Å². The Labute approximate surface area is 114 Å². The van der Waals surface area contributed by atoms with Crippen LogP contribution in [0.3, 0.4) is 0 Å². The number of rotatable bonds is 3. The molecule has 0 spiro atoms. The van der Waals surface area contributed by atoms with Gasteiger partial charge in [-0.2, -0.15) is 10.4 Å². The van der Waals surface area contributed by atoms with Crippen molar-refractivity contribution in [1.82, 2.24) is 14.8 Å². The Hall–Kier alpha value is -2.39. The van der Waals surface area contributed by atoms with Crippen LogP contribution in [0.1, 0.15) is 6.42 Å². The van der Waals surface area contributed by atoms with E-state index in [1.807, 2.05) is 6.07 Å². The van der Waals surface area contributed by atoms with Crippen molar-refractivity contribution in [2.45, 2.75) is 6.42 Å². The van der Waals surface area contributed by atoms with Gasteiger partial charge in [0.15, 0.2) is 5.15 Å². The summed E-state index contributed by atoms with van der Waals surface area (Å²) in [6.07, 6.45) is 4.70. The molecule has 0 unspecified atom stereocenters. The normalized spacial score (nSPS) is 9.95. The van der Waals surface area contributed by atoms with E-state index in [1.165, 1.54) is 9.58 Å². The lowest BCUT2D eigenvalue weighted by atomic mass is 10.4. The molecular weight excluding hydrogens is 266 g/mol. The van der Waals surface area contributed by atoms with Crippen molar-refractivity contribution in [3.05, 3.63) is 35.9 Å². The molecule has 2 aromatic rings. The van der Waals surface area contributed by atoms with Gasteiger partial charge < -0.3 is 4.90 Å². The van der Waals surface area contributed by atoms with Gasteiger partial charge in [-0.3, -0.25) is 9.78 Å². The molecule has 2 aromatic heterocycles. The fourth-order valence-electron chi connectivity index (χ4n) is 1.51. The highest BCUT2D eigenvalue weighted by Gasteiger charge is 2.17. The smallest absolute Gasteiger partial charge is 0.241 e. The van der Waals surface area contributed by atoms with Crippen LogP contribution in [0.15, 0.2) is 30.7 Å². The number of anilines is 1. The Morgan fingerprint density at radius 3 is 3.05 bits per heavy atom. The first-order chi connectivity index (χ1) is 9.13. The van der Waals surface area contributed by atoms with Gasteiger partial charge >= 0.3 is 0 Å². The lowest BCUT2D eigenvalue weighted by Gasteiger charge is -2.13. The molecule has 2 heterocycles. The molecule has 2 rings (SSSR count). The molecule has 0 aromatic carbocycles. The van der Waals surface area contributed by atoms with Crippen molar-refractivity contribution in [2.24, 2.45) is 0 Å². The quantitative estimate of drug-likeness (QED) is 0.856. The zero-order valence-electron chi connectivity index (χ0n) is 10.1. The number of carbonyl (C=O) groups excluding carboxylic acids is 1. The molecule has 0 radical (unpaired) electrons. The Morgan fingerprint density at radius 2 is 2.42 bits per heavy atom. The monoisotopic (exact) mass is 275 g/mol. The molecule has 0 saturated carbocycles. The molecule has 0 bridgehead atoms. The second-order valence-electron chi connectivity index (χ2n) is 3.75. The number of hydrogen-bond donors (Lipinski definition) is 0. The fourth-order valence-corrected chi connectivity index (χ4v) is 1.77. The van der Waals surface area contributed by atoms with Gasteiger partial charge in [0.1, 0.15) is 12.1 Å². The largest absolute Gasteiger partial charge is 0.310 e. The highest BCUT2D eigenvalue weighted by atomic mass is 35.5. The Kier molecular flexibility index (Phi) is 3.78. The number of nitrogens with zero attached hydrogens (tertiary/aromatic N) is 5. The van der Waals surface area contributed by atoms with E-state index in [-0.39, 0.29) is 17.5 Å². The Morgan fingerprint density at radius 1 is 1.63 bits per heavy atom. The molecule has 6 nitrogen and oxygen atoms in total. The summed E-state index contributed by atoms with van der Waals surface area (Å²) in [4.78, 5) is 16.9. The maximum atomic E-state index is 11.6. The number of pyridine rings is 1. The number of nitriles is 1. The highest BCUT2D eigenvalue weighted by molar-refractivity contribution is 6.32. The van der Waals surface area contributed by atoms with Crippen LogP contribution in [-0.4, -0.2) is 27.7 Å². The molecule has 19 heavy (non-hydrogen) atoms. The first kappa shape index (κ1) is 13.1. The van der Waals surface area contributed by atoms with E-state index in [0.29, 0.717) is 5.69 Å². The van der Waals surface area contributed by atoms with Crippen LogP contribution in [0.25, 0.3) is 5.69 Å². The standard InChI is InChI=1S/C12H10ClN5O/c1-17(11(19)4-5-14)10-8-18(16-12(10)13)9-3-2-6-15-7-9/h2-3,6-8H,4H2,1H3. The van der Waals surface area contributed by atoms with E-state index >= 15 is 0 Å². The molecule has 96 valence electrons. The van der Waals surface area contributed by atoms with Crippen molar-refractivity contribution in [3.63, 3.8) is 0 Å². The van der Waals surface area contributed by atoms with Crippen molar-refractivity contribution >= 4 is 23.2 Å². The van der Waals surface area contributed by atoms with Gasteiger partial charge in [-0.25, -0.2) is 4.68 Å². The second-order valence-corrected chi connectivity index (χ2v) is 4.11. The zero-order valence-corrected chi connectivity index (χ0v) is 10.9. The van der Waals surface area contributed by atoms with E-state index < -0.39 is 0 Å². The van der Waals surface area contributed by atoms with Crippen LogP contribution in [0.4, 0.5) is 5.69 Å². The average molecular weight is 276 g/mol. The molecule has 0 N–H and O–H groups in total. The number of aromatic nitrogens is 3. The lowest BCUT2D eigenvalue weighted by Crippen LogP contribution is -2.25. The molecule has 0 aliphatic carbocycles. The van der Waals surface area contributed by atoms with Crippen molar-refractivity contribution in [2.75, 3.05) is 11.9 Å². The van der Waals surface area contributed by atoms with Gasteiger partial charge in [-0.05, 0) is 12.1 Å². The summed E-state index contributed by atoms with van der Waals surface area (Å²) in [5.74, 6) is -0.338. The van der Waals surface area contributed by atoms with E-state index in [4.69, 9.17) is 16.9 Å². The zero-order chi connectivity index (χ0) is 13.8. The minimum absolute atomic E-state index is 0.192. The molecule has 1 amide bonds. The summed E-state index contributed by atoms with van der Waals surface area (Å²) in [6.45, 7) is 0. The van der Waals surface area contributed by atoms with Gasteiger partial charge in [0.05, 0.1) is 24.2 Å².